The third-order valence-electron chi connectivity index (χ3n) is 4.85. The molecule has 0 aliphatic heterocycles. The number of sulfone groups is 1. The van der Waals surface area contributed by atoms with Crippen molar-refractivity contribution < 1.29 is 26.3 Å². The van der Waals surface area contributed by atoms with Crippen molar-refractivity contribution in [3.8, 4) is 11.8 Å². The van der Waals surface area contributed by atoms with E-state index in [0.29, 0.717) is 33.6 Å². The first-order valence-corrected chi connectivity index (χ1v) is 12.8. The van der Waals surface area contributed by atoms with Gasteiger partial charge in [-0.1, -0.05) is 6.92 Å². The van der Waals surface area contributed by atoms with Gasteiger partial charge in [0.2, 0.25) is 21.8 Å². The fourth-order valence-corrected chi connectivity index (χ4v) is 3.63. The summed E-state index contributed by atoms with van der Waals surface area (Å²) < 4.78 is 54.8. The number of allylic oxidation sites excluding steroid dienone is 2. The Bertz CT molecular complexity index is 1130. The first-order valence-electron chi connectivity index (χ1n) is 9.33. The molecule has 0 spiro atoms. The molecule has 0 aromatic carbocycles. The highest BCUT2D eigenvalue weighted by Crippen LogP contribution is 2.21. The van der Waals surface area contributed by atoms with Crippen molar-refractivity contribution in [3.05, 3.63) is 41.1 Å². The predicted octanol–water partition coefficient (Wildman–Crippen LogP) is 1.55. The van der Waals surface area contributed by atoms with Crippen LogP contribution in [0.15, 0.2) is 29.7 Å². The van der Waals surface area contributed by atoms with Crippen LogP contribution in [-0.2, 0) is 19.9 Å². The number of nitrogens with zero attached hydrogens (tertiary/aromatic N) is 4. The lowest BCUT2D eigenvalue weighted by atomic mass is 10.1. The van der Waals surface area contributed by atoms with E-state index in [2.05, 4.69) is 19.9 Å². The lowest BCUT2D eigenvalue weighted by Crippen LogP contribution is -2.30. The van der Waals surface area contributed by atoms with Crippen LogP contribution in [0.2, 0.25) is 0 Å². The standard InChI is InChI=1S/C10H14N2O3S.C9H15N3O3S/c1-7(8(2)16(4,13)14)9-5-12-10(15-3)6-11-9;1-6(7(2)16(10,13)14)8-4-12-9(15-3)5-11-8/h5-6H,1-4H3;4-7H,1-3H3,(H2,10,13,14)/b8-7+;/t;6-,7-/m.0/s1. The van der Waals surface area contributed by atoms with Crippen LogP contribution in [0.4, 0.5) is 0 Å². The van der Waals surface area contributed by atoms with Crippen molar-refractivity contribution in [2.45, 2.75) is 38.9 Å². The van der Waals surface area contributed by atoms with E-state index < -0.39 is 25.1 Å². The summed E-state index contributed by atoms with van der Waals surface area (Å²) in [5.41, 5.74) is 1.70. The summed E-state index contributed by atoms with van der Waals surface area (Å²) in [5, 5.41) is 4.37. The van der Waals surface area contributed by atoms with Gasteiger partial charge in [-0.2, -0.15) is 0 Å². The molecule has 0 fully saturated rings. The Morgan fingerprint density at radius 3 is 1.72 bits per heavy atom. The quantitative estimate of drug-likeness (QED) is 0.605. The SMILES string of the molecule is COc1cnc(/C(C)=C(\C)S(C)(=O)=O)cn1.COc1cnc([C@@H](C)[C@H](C)S(N)(=O)=O)cn1. The van der Waals surface area contributed by atoms with Crippen LogP contribution in [0.1, 0.15) is 45.0 Å². The molecule has 2 aromatic rings. The third kappa shape index (κ3) is 7.80. The summed E-state index contributed by atoms with van der Waals surface area (Å²) in [4.78, 5) is 16.4. The number of sulfonamides is 1. The van der Waals surface area contributed by atoms with Gasteiger partial charge >= 0.3 is 0 Å². The van der Waals surface area contributed by atoms with Gasteiger partial charge in [-0.15, -0.1) is 0 Å². The molecule has 2 rings (SSSR count). The Kier molecular flexibility index (Phi) is 9.67. The number of aromatic nitrogens is 4. The maximum Gasteiger partial charge on any atom is 0.232 e. The first kappa shape index (κ1) is 27.4. The molecular formula is C19H29N5O6S2. The van der Waals surface area contributed by atoms with Gasteiger partial charge in [-0.25, -0.2) is 36.9 Å². The summed E-state index contributed by atoms with van der Waals surface area (Å²) in [7, 11) is -3.77. The van der Waals surface area contributed by atoms with Crippen LogP contribution in [0.3, 0.4) is 0 Å². The van der Waals surface area contributed by atoms with Gasteiger partial charge in [0, 0.05) is 17.1 Å². The van der Waals surface area contributed by atoms with Gasteiger partial charge in [0.15, 0.2) is 9.84 Å². The van der Waals surface area contributed by atoms with Gasteiger partial charge in [0.25, 0.3) is 0 Å². The summed E-state index contributed by atoms with van der Waals surface area (Å²) in [5.74, 6) is 0.473. The van der Waals surface area contributed by atoms with Crippen LogP contribution in [-0.4, -0.2) is 62.5 Å². The first-order chi connectivity index (χ1) is 14.7. The summed E-state index contributed by atoms with van der Waals surface area (Å²) >= 11 is 0. The Morgan fingerprint density at radius 1 is 0.875 bits per heavy atom. The molecule has 0 aliphatic rings. The minimum absolute atomic E-state index is 0.298. The lowest BCUT2D eigenvalue weighted by Gasteiger charge is -2.16. The average Bonchev–Trinajstić information content (AvgIpc) is 2.76. The zero-order chi connectivity index (χ0) is 24.7. The second kappa shape index (κ2) is 11.3. The third-order valence-corrected chi connectivity index (χ3v) is 7.72. The number of rotatable bonds is 7. The summed E-state index contributed by atoms with van der Waals surface area (Å²) in [6.45, 7) is 6.54. The highest BCUT2D eigenvalue weighted by molar-refractivity contribution is 7.94. The van der Waals surface area contributed by atoms with E-state index in [4.69, 9.17) is 14.6 Å². The van der Waals surface area contributed by atoms with E-state index in [0.717, 1.165) is 0 Å². The van der Waals surface area contributed by atoms with E-state index in [1.54, 1.807) is 27.7 Å². The van der Waals surface area contributed by atoms with E-state index >= 15 is 0 Å². The van der Waals surface area contributed by atoms with Crippen molar-refractivity contribution in [2.24, 2.45) is 5.14 Å². The van der Waals surface area contributed by atoms with Gasteiger partial charge < -0.3 is 9.47 Å². The summed E-state index contributed by atoms with van der Waals surface area (Å²) in [6.07, 6.45) is 7.05. The molecule has 178 valence electrons. The predicted molar refractivity (Wildman–Crippen MR) is 121 cm³/mol. The summed E-state index contributed by atoms with van der Waals surface area (Å²) in [6, 6.07) is 0. The second-order valence-electron chi connectivity index (χ2n) is 6.96. The maximum absolute atomic E-state index is 11.3. The van der Waals surface area contributed by atoms with Crippen LogP contribution in [0, 0.1) is 0 Å². The smallest absolute Gasteiger partial charge is 0.232 e. The van der Waals surface area contributed by atoms with Crippen LogP contribution in [0.25, 0.3) is 5.57 Å². The fraction of sp³-hybridized carbons (Fsp3) is 0.474. The molecule has 0 radical (unpaired) electrons. The topological polar surface area (TPSA) is 164 Å². The maximum atomic E-state index is 11.3. The Labute approximate surface area is 189 Å². The number of methoxy groups -OCH3 is 2. The molecule has 2 N–H and O–H groups in total. The normalized spacial score (nSPS) is 14.4. The Balaban J connectivity index is 0.000000320. The molecule has 0 saturated heterocycles. The van der Waals surface area contributed by atoms with Gasteiger partial charge in [0.05, 0.1) is 55.6 Å². The zero-order valence-corrected chi connectivity index (χ0v) is 20.7. The number of nitrogens with two attached hydrogens (primary N) is 1. The minimum Gasteiger partial charge on any atom is -0.480 e. The number of hydrogen-bond acceptors (Lipinski definition) is 10. The molecule has 2 heterocycles. The molecule has 0 bridgehead atoms. The van der Waals surface area contributed by atoms with Gasteiger partial charge in [-0.05, 0) is 26.3 Å². The van der Waals surface area contributed by atoms with Crippen LogP contribution >= 0.6 is 0 Å². The number of primary sulfonamides is 1. The average molecular weight is 488 g/mol. The van der Waals surface area contributed by atoms with Crippen molar-refractivity contribution in [3.63, 3.8) is 0 Å². The van der Waals surface area contributed by atoms with Crippen LogP contribution < -0.4 is 14.6 Å². The van der Waals surface area contributed by atoms with E-state index in [9.17, 15) is 16.8 Å². The molecule has 11 nitrogen and oxygen atoms in total. The number of ether oxygens (including phenoxy) is 2. The molecule has 13 heteroatoms. The molecule has 2 aromatic heterocycles. The van der Waals surface area contributed by atoms with Gasteiger partial charge in [-0.3, -0.25) is 4.98 Å². The Morgan fingerprint density at radius 2 is 1.38 bits per heavy atom. The Hall–Kier alpha value is -2.64. The molecule has 0 unspecified atom stereocenters. The molecule has 0 aliphatic carbocycles. The largest absolute Gasteiger partial charge is 0.480 e. The van der Waals surface area contributed by atoms with Gasteiger partial charge in [0.1, 0.15) is 0 Å². The zero-order valence-electron chi connectivity index (χ0n) is 19.1. The highest BCUT2D eigenvalue weighted by Gasteiger charge is 2.25. The number of hydrogen-bond donors (Lipinski definition) is 1. The van der Waals surface area contributed by atoms with Crippen molar-refractivity contribution >= 4 is 25.4 Å². The van der Waals surface area contributed by atoms with Crippen molar-refractivity contribution in [1.82, 2.24) is 19.9 Å². The van der Waals surface area contributed by atoms with Crippen molar-refractivity contribution in [2.75, 3.05) is 20.5 Å². The second-order valence-corrected chi connectivity index (χ2v) is 11.0. The van der Waals surface area contributed by atoms with Crippen molar-refractivity contribution in [1.29, 1.82) is 0 Å². The molecule has 2 atom stereocenters. The minimum atomic E-state index is -3.56. The fourth-order valence-electron chi connectivity index (χ4n) is 2.27. The van der Waals surface area contributed by atoms with Crippen LogP contribution in [0.5, 0.6) is 11.8 Å². The molecule has 0 amide bonds. The highest BCUT2D eigenvalue weighted by atomic mass is 32.2. The van der Waals surface area contributed by atoms with E-state index in [1.807, 2.05) is 0 Å². The molecular weight excluding hydrogens is 458 g/mol. The van der Waals surface area contributed by atoms with E-state index in [1.165, 1.54) is 45.3 Å². The van der Waals surface area contributed by atoms with E-state index in [-0.39, 0.29) is 5.92 Å². The monoisotopic (exact) mass is 487 g/mol. The lowest BCUT2D eigenvalue weighted by molar-refractivity contribution is 0.394. The molecule has 32 heavy (non-hydrogen) atoms. The molecule has 0 saturated carbocycles.